The van der Waals surface area contributed by atoms with Crippen LogP contribution in [0.1, 0.15) is 26.4 Å². The predicted octanol–water partition coefficient (Wildman–Crippen LogP) is 7.30. The van der Waals surface area contributed by atoms with Crippen LogP contribution >= 0.6 is 27.5 Å². The van der Waals surface area contributed by atoms with Crippen LogP contribution in [0.5, 0.6) is 5.75 Å². The molecule has 9 heteroatoms. The van der Waals surface area contributed by atoms with Crippen molar-refractivity contribution in [1.29, 1.82) is 0 Å². The molecule has 5 rings (SSSR count). The molecule has 0 spiro atoms. The summed E-state index contributed by atoms with van der Waals surface area (Å²) in [5.74, 6) is -0.651. The molecule has 1 aromatic heterocycles. The molecule has 0 saturated carbocycles. The first kappa shape index (κ1) is 27.2. The van der Waals surface area contributed by atoms with Crippen LogP contribution in [-0.2, 0) is 0 Å². The molecule has 0 bridgehead atoms. The number of fused-ring (bicyclic) bond motifs is 1. The molecule has 2 N–H and O–H groups in total. The van der Waals surface area contributed by atoms with Crippen molar-refractivity contribution in [3.8, 4) is 16.9 Å². The molecule has 0 aliphatic rings. The largest absolute Gasteiger partial charge is 0.422 e. The molecule has 40 heavy (non-hydrogen) atoms. The van der Waals surface area contributed by atoms with Gasteiger partial charge in [-0.3, -0.25) is 4.79 Å². The number of H-pyrrole nitrogens is 1. The fraction of sp³-hybridized carbons (Fsp3) is 0.0645. The quantitative estimate of drug-likeness (QED) is 0.0871. The van der Waals surface area contributed by atoms with Crippen molar-refractivity contribution in [2.45, 2.75) is 0 Å². The van der Waals surface area contributed by atoms with E-state index in [4.69, 9.17) is 16.3 Å². The first-order chi connectivity index (χ1) is 19.3. The number of aromatic nitrogens is 1. The van der Waals surface area contributed by atoms with Gasteiger partial charge in [0.15, 0.2) is 0 Å². The number of hydrazone groups is 1. The van der Waals surface area contributed by atoms with Crippen molar-refractivity contribution in [3.05, 3.63) is 117 Å². The molecular weight excluding hydrogens is 592 g/mol. The summed E-state index contributed by atoms with van der Waals surface area (Å²) in [6.07, 6.45) is 1.43. The molecule has 1 heterocycles. The Balaban J connectivity index is 1.46. The Hall–Kier alpha value is -4.40. The Bertz CT molecular complexity index is 1750. The molecule has 0 atom stereocenters. The molecular formula is C31H24BrClN4O3. The third-order valence-electron chi connectivity index (χ3n) is 6.22. The van der Waals surface area contributed by atoms with Gasteiger partial charge in [0, 0.05) is 56.9 Å². The van der Waals surface area contributed by atoms with Gasteiger partial charge in [-0.05, 0) is 54.6 Å². The van der Waals surface area contributed by atoms with Crippen molar-refractivity contribution in [2.75, 3.05) is 19.0 Å². The fourth-order valence-electron chi connectivity index (χ4n) is 4.23. The minimum atomic E-state index is -0.499. The van der Waals surface area contributed by atoms with Crippen molar-refractivity contribution < 1.29 is 14.3 Å². The number of nitrogens with one attached hydrogen (secondary N) is 2. The summed E-state index contributed by atoms with van der Waals surface area (Å²) in [7, 11) is 3.91. The number of carbonyl (C=O) groups excluding carboxylic acids is 2. The van der Waals surface area contributed by atoms with Gasteiger partial charge in [0.2, 0.25) is 0 Å². The van der Waals surface area contributed by atoms with Gasteiger partial charge in [-0.15, -0.1) is 0 Å². The van der Waals surface area contributed by atoms with Gasteiger partial charge in [-0.2, -0.15) is 5.10 Å². The van der Waals surface area contributed by atoms with Crippen LogP contribution in [0.2, 0.25) is 5.02 Å². The molecule has 7 nitrogen and oxygen atoms in total. The summed E-state index contributed by atoms with van der Waals surface area (Å²) < 4.78 is 6.36. The molecule has 4 aromatic carbocycles. The second-order valence-corrected chi connectivity index (χ2v) is 10.4. The van der Waals surface area contributed by atoms with Gasteiger partial charge in [0.05, 0.1) is 11.8 Å². The average Bonchev–Trinajstić information content (AvgIpc) is 3.34. The number of amides is 1. The lowest BCUT2D eigenvalue weighted by Crippen LogP contribution is -2.19. The maximum absolute atomic E-state index is 13.4. The Labute approximate surface area is 244 Å². The number of halogens is 2. The van der Waals surface area contributed by atoms with E-state index in [1.54, 1.807) is 48.5 Å². The minimum Gasteiger partial charge on any atom is -0.422 e. The van der Waals surface area contributed by atoms with Crippen molar-refractivity contribution >= 4 is 62.2 Å². The number of rotatable bonds is 7. The van der Waals surface area contributed by atoms with E-state index in [9.17, 15) is 9.59 Å². The third kappa shape index (κ3) is 5.78. The topological polar surface area (TPSA) is 86.8 Å². The minimum absolute atomic E-state index is 0.300. The number of aromatic amines is 1. The summed E-state index contributed by atoms with van der Waals surface area (Å²) >= 11 is 10.00. The van der Waals surface area contributed by atoms with Crippen LogP contribution in [0, 0.1) is 0 Å². The number of anilines is 1. The highest BCUT2D eigenvalue weighted by molar-refractivity contribution is 9.10. The van der Waals surface area contributed by atoms with E-state index in [-0.39, 0.29) is 0 Å². The number of esters is 1. The predicted molar refractivity (Wildman–Crippen MR) is 164 cm³/mol. The lowest BCUT2D eigenvalue weighted by molar-refractivity contribution is 0.0734. The first-order valence-corrected chi connectivity index (χ1v) is 13.5. The van der Waals surface area contributed by atoms with Crippen molar-refractivity contribution in [1.82, 2.24) is 10.4 Å². The van der Waals surface area contributed by atoms with E-state index >= 15 is 0 Å². The van der Waals surface area contributed by atoms with Crippen LogP contribution in [0.15, 0.2) is 101 Å². The van der Waals surface area contributed by atoms with Gasteiger partial charge >= 0.3 is 5.97 Å². The Morgan fingerprint density at radius 3 is 2.48 bits per heavy atom. The molecule has 0 saturated heterocycles. The van der Waals surface area contributed by atoms with E-state index in [2.05, 4.69) is 31.4 Å². The zero-order chi connectivity index (χ0) is 28.2. The SMILES string of the molecule is CN(C)c1ccc2[nH]c(C(=O)NN=Cc3cc(Br)ccc3OC(=O)c3ccccc3)c(-c3ccccc3Cl)c2c1. The summed E-state index contributed by atoms with van der Waals surface area (Å²) in [5, 5.41) is 5.56. The summed E-state index contributed by atoms with van der Waals surface area (Å²) in [5.41, 5.74) is 7.01. The highest BCUT2D eigenvalue weighted by atomic mass is 79.9. The smallest absolute Gasteiger partial charge is 0.343 e. The Morgan fingerprint density at radius 2 is 1.73 bits per heavy atom. The molecule has 1 amide bonds. The number of hydrogen-bond donors (Lipinski definition) is 2. The van der Waals surface area contributed by atoms with E-state index in [0.717, 1.165) is 26.6 Å². The lowest BCUT2D eigenvalue weighted by atomic mass is 10.0. The zero-order valence-corrected chi connectivity index (χ0v) is 24.0. The highest BCUT2D eigenvalue weighted by Crippen LogP contribution is 2.38. The second-order valence-electron chi connectivity index (χ2n) is 9.12. The van der Waals surface area contributed by atoms with Crippen molar-refractivity contribution in [2.24, 2.45) is 5.10 Å². The fourth-order valence-corrected chi connectivity index (χ4v) is 4.84. The third-order valence-corrected chi connectivity index (χ3v) is 7.05. The second kappa shape index (κ2) is 11.8. The van der Waals surface area contributed by atoms with Crippen LogP contribution in [0.25, 0.3) is 22.0 Å². The Kier molecular flexibility index (Phi) is 8.00. The van der Waals surface area contributed by atoms with Crippen LogP contribution in [0.3, 0.4) is 0 Å². The maximum atomic E-state index is 13.4. The number of nitrogens with zero attached hydrogens (tertiary/aromatic N) is 2. The van der Waals surface area contributed by atoms with Crippen LogP contribution < -0.4 is 15.1 Å². The van der Waals surface area contributed by atoms with Gasteiger partial charge < -0.3 is 14.6 Å². The van der Waals surface area contributed by atoms with Crippen LogP contribution in [0.4, 0.5) is 5.69 Å². The number of hydrogen-bond acceptors (Lipinski definition) is 5. The monoisotopic (exact) mass is 614 g/mol. The maximum Gasteiger partial charge on any atom is 0.343 e. The number of benzene rings is 4. The molecule has 0 radical (unpaired) electrons. The molecule has 0 aliphatic heterocycles. The van der Waals surface area contributed by atoms with Gasteiger partial charge in [-0.1, -0.05) is 63.9 Å². The van der Waals surface area contributed by atoms with Gasteiger partial charge in [0.25, 0.3) is 5.91 Å². The lowest BCUT2D eigenvalue weighted by Gasteiger charge is -2.13. The zero-order valence-electron chi connectivity index (χ0n) is 21.6. The number of carbonyl (C=O) groups is 2. The Morgan fingerprint density at radius 1 is 0.975 bits per heavy atom. The first-order valence-electron chi connectivity index (χ1n) is 12.3. The standard InChI is InChI=1S/C31H24BrClN4O3/c1-37(2)22-13-14-26-24(17-22)28(23-10-6-7-11-25(23)33)29(35-26)30(38)36-34-18-20-16-21(32)12-15-27(20)40-31(39)19-8-4-3-5-9-19/h3-18,35H,1-2H3,(H,36,38). The average molecular weight is 616 g/mol. The van der Waals surface area contributed by atoms with E-state index in [1.807, 2.05) is 61.5 Å². The molecule has 0 fully saturated rings. The molecule has 0 aliphatic carbocycles. The summed E-state index contributed by atoms with van der Waals surface area (Å²) in [6.45, 7) is 0. The van der Waals surface area contributed by atoms with Crippen LogP contribution in [-0.4, -0.2) is 37.2 Å². The highest BCUT2D eigenvalue weighted by Gasteiger charge is 2.21. The normalized spacial score (nSPS) is 11.1. The summed E-state index contributed by atoms with van der Waals surface area (Å²) in [6, 6.07) is 27.1. The van der Waals surface area contributed by atoms with E-state index in [0.29, 0.717) is 33.2 Å². The van der Waals surface area contributed by atoms with Gasteiger partial charge in [-0.25, -0.2) is 10.2 Å². The summed E-state index contributed by atoms with van der Waals surface area (Å²) in [4.78, 5) is 31.3. The molecule has 5 aromatic rings. The van der Waals surface area contributed by atoms with Crippen molar-refractivity contribution in [3.63, 3.8) is 0 Å². The van der Waals surface area contributed by atoms with Gasteiger partial charge in [0.1, 0.15) is 11.4 Å². The van der Waals surface area contributed by atoms with E-state index in [1.165, 1.54) is 6.21 Å². The van der Waals surface area contributed by atoms with E-state index < -0.39 is 11.9 Å². The number of ether oxygens (including phenoxy) is 1. The molecule has 200 valence electrons. The molecule has 0 unspecified atom stereocenters.